The van der Waals surface area contributed by atoms with Crippen molar-refractivity contribution < 1.29 is 23.7 Å². The highest BCUT2D eigenvalue weighted by molar-refractivity contribution is 5.81. The molecule has 0 bridgehead atoms. The molecule has 7 nitrogen and oxygen atoms in total. The maximum absolute atomic E-state index is 12.9. The molecule has 1 N–H and O–H groups in total. The molecule has 0 spiro atoms. The molecule has 2 aromatic rings. The summed E-state index contributed by atoms with van der Waals surface area (Å²) in [7, 11) is 0. The highest BCUT2D eigenvalue weighted by atomic mass is 16.7. The van der Waals surface area contributed by atoms with Gasteiger partial charge in [0.1, 0.15) is 5.75 Å². The molecule has 7 heteroatoms. The van der Waals surface area contributed by atoms with E-state index in [2.05, 4.69) is 10.3 Å². The quantitative estimate of drug-likeness (QED) is 0.825. The number of nitrogens with zero attached hydrogens (tertiary/aromatic N) is 1. The van der Waals surface area contributed by atoms with E-state index in [0.29, 0.717) is 36.4 Å². The van der Waals surface area contributed by atoms with Crippen LogP contribution in [0.3, 0.4) is 0 Å². The number of hydrogen-bond acceptors (Lipinski definition) is 6. The fourth-order valence-electron chi connectivity index (χ4n) is 3.56. The number of amides is 1. The predicted molar refractivity (Wildman–Crippen MR) is 101 cm³/mol. The number of carbonyl (C=O) groups excluding carboxylic acids is 1. The Balaban J connectivity index is 1.44. The Bertz CT molecular complexity index is 808. The Morgan fingerprint density at radius 1 is 1.21 bits per heavy atom. The highest BCUT2D eigenvalue weighted by Crippen LogP contribution is 2.35. The van der Waals surface area contributed by atoms with Gasteiger partial charge in [-0.15, -0.1) is 0 Å². The van der Waals surface area contributed by atoms with Crippen molar-refractivity contribution in [2.24, 2.45) is 5.92 Å². The summed E-state index contributed by atoms with van der Waals surface area (Å²) in [4.78, 5) is 17.1. The van der Waals surface area contributed by atoms with Gasteiger partial charge in [-0.3, -0.25) is 9.78 Å². The molecule has 3 heterocycles. The third-order valence-electron chi connectivity index (χ3n) is 5.10. The van der Waals surface area contributed by atoms with Gasteiger partial charge >= 0.3 is 0 Å². The van der Waals surface area contributed by atoms with E-state index in [4.69, 9.17) is 18.9 Å². The predicted octanol–water partition coefficient (Wildman–Crippen LogP) is 2.86. The van der Waals surface area contributed by atoms with Crippen molar-refractivity contribution in [2.45, 2.75) is 31.9 Å². The molecule has 0 saturated carbocycles. The van der Waals surface area contributed by atoms with Gasteiger partial charge in [0.25, 0.3) is 5.91 Å². The van der Waals surface area contributed by atoms with Crippen molar-refractivity contribution in [1.82, 2.24) is 10.3 Å². The molecule has 1 amide bonds. The van der Waals surface area contributed by atoms with Crippen LogP contribution in [0.1, 0.15) is 31.4 Å². The first-order valence-corrected chi connectivity index (χ1v) is 9.55. The van der Waals surface area contributed by atoms with Crippen molar-refractivity contribution in [3.8, 4) is 17.2 Å². The van der Waals surface area contributed by atoms with Crippen LogP contribution in [0.5, 0.6) is 17.2 Å². The van der Waals surface area contributed by atoms with Gasteiger partial charge in [-0.25, -0.2) is 0 Å². The van der Waals surface area contributed by atoms with Crippen molar-refractivity contribution in [2.75, 3.05) is 20.0 Å². The van der Waals surface area contributed by atoms with Crippen LogP contribution in [-0.4, -0.2) is 37.0 Å². The zero-order valence-electron chi connectivity index (χ0n) is 15.8. The van der Waals surface area contributed by atoms with E-state index in [-0.39, 0.29) is 18.7 Å². The number of nitrogens with one attached hydrogen (secondary N) is 1. The number of pyridine rings is 1. The maximum atomic E-state index is 12.9. The average Bonchev–Trinajstić information content (AvgIpc) is 3.21. The van der Waals surface area contributed by atoms with E-state index >= 15 is 0 Å². The van der Waals surface area contributed by atoms with Crippen LogP contribution < -0.4 is 19.5 Å². The molecular weight excluding hydrogens is 360 g/mol. The van der Waals surface area contributed by atoms with E-state index < -0.39 is 6.10 Å². The van der Waals surface area contributed by atoms with Crippen molar-refractivity contribution in [3.63, 3.8) is 0 Å². The minimum absolute atomic E-state index is 0.118. The Labute approximate surface area is 164 Å². The SMILES string of the molecule is C[C@@H](Oc1ccc2c(c1)OCO2)C(=O)N[C@H](c1cccnc1)C1CCOCC1. The number of ether oxygens (including phenoxy) is 4. The molecule has 1 fully saturated rings. The summed E-state index contributed by atoms with van der Waals surface area (Å²) in [5.74, 6) is 2.01. The summed E-state index contributed by atoms with van der Waals surface area (Å²) in [6.45, 7) is 3.36. The number of hydrogen-bond donors (Lipinski definition) is 1. The van der Waals surface area contributed by atoms with Gasteiger partial charge in [0.2, 0.25) is 6.79 Å². The van der Waals surface area contributed by atoms with E-state index in [0.717, 1.165) is 18.4 Å². The fourth-order valence-corrected chi connectivity index (χ4v) is 3.56. The first-order chi connectivity index (χ1) is 13.7. The zero-order valence-corrected chi connectivity index (χ0v) is 15.8. The Kier molecular flexibility index (Phi) is 5.62. The number of rotatable bonds is 6. The molecule has 2 atom stereocenters. The maximum Gasteiger partial charge on any atom is 0.261 e. The average molecular weight is 384 g/mol. The normalized spacial score (nSPS) is 18.3. The van der Waals surface area contributed by atoms with Gasteiger partial charge in [-0.05, 0) is 49.4 Å². The van der Waals surface area contributed by atoms with E-state index in [1.165, 1.54) is 0 Å². The monoisotopic (exact) mass is 384 g/mol. The molecule has 0 radical (unpaired) electrons. The molecule has 2 aliphatic heterocycles. The lowest BCUT2D eigenvalue weighted by Crippen LogP contribution is -2.42. The number of aromatic nitrogens is 1. The second-order valence-electron chi connectivity index (χ2n) is 7.00. The summed E-state index contributed by atoms with van der Waals surface area (Å²) in [6.07, 6.45) is 4.69. The van der Waals surface area contributed by atoms with Crippen LogP contribution in [-0.2, 0) is 9.53 Å². The van der Waals surface area contributed by atoms with Gasteiger partial charge in [0, 0.05) is 31.7 Å². The lowest BCUT2D eigenvalue weighted by molar-refractivity contribution is -0.128. The van der Waals surface area contributed by atoms with E-state index in [9.17, 15) is 4.79 Å². The smallest absolute Gasteiger partial charge is 0.261 e. The Hall–Kier alpha value is -2.80. The second kappa shape index (κ2) is 8.48. The first-order valence-electron chi connectivity index (χ1n) is 9.55. The zero-order chi connectivity index (χ0) is 19.3. The minimum Gasteiger partial charge on any atom is -0.481 e. The number of carbonyl (C=O) groups is 1. The van der Waals surface area contributed by atoms with Gasteiger partial charge in [-0.1, -0.05) is 6.07 Å². The minimum atomic E-state index is -0.653. The van der Waals surface area contributed by atoms with Crippen molar-refractivity contribution >= 4 is 5.91 Å². The van der Waals surface area contributed by atoms with Crippen LogP contribution in [0, 0.1) is 5.92 Å². The standard InChI is InChI=1S/C21H24N2O5/c1-14(28-17-4-5-18-19(11-17)27-13-26-18)21(24)23-20(15-6-9-25-10-7-15)16-3-2-8-22-12-16/h2-5,8,11-12,14-15,20H,6-7,9-10,13H2,1H3,(H,23,24)/t14-,20+/m1/s1. The molecule has 2 aliphatic rings. The molecule has 1 aromatic carbocycles. The van der Waals surface area contributed by atoms with Gasteiger partial charge in [0.05, 0.1) is 6.04 Å². The third-order valence-corrected chi connectivity index (χ3v) is 5.10. The van der Waals surface area contributed by atoms with Gasteiger partial charge in [-0.2, -0.15) is 0 Å². The molecule has 1 saturated heterocycles. The van der Waals surface area contributed by atoms with Crippen LogP contribution in [0.2, 0.25) is 0 Å². The first kappa shape index (κ1) is 18.6. The van der Waals surface area contributed by atoms with Gasteiger partial charge in [0.15, 0.2) is 17.6 Å². The Morgan fingerprint density at radius 3 is 2.82 bits per heavy atom. The highest BCUT2D eigenvalue weighted by Gasteiger charge is 2.29. The van der Waals surface area contributed by atoms with E-state index in [1.54, 1.807) is 31.3 Å². The molecule has 1 aromatic heterocycles. The number of benzene rings is 1. The summed E-state index contributed by atoms with van der Waals surface area (Å²) in [5, 5.41) is 3.16. The topological polar surface area (TPSA) is 78.9 Å². The lowest BCUT2D eigenvalue weighted by Gasteiger charge is -2.32. The summed E-state index contributed by atoms with van der Waals surface area (Å²) in [5.41, 5.74) is 0.998. The molecule has 148 valence electrons. The molecule has 0 unspecified atom stereocenters. The fraction of sp³-hybridized carbons (Fsp3) is 0.429. The van der Waals surface area contributed by atoms with Crippen LogP contribution >= 0.6 is 0 Å². The third kappa shape index (κ3) is 4.20. The Morgan fingerprint density at radius 2 is 2.04 bits per heavy atom. The van der Waals surface area contributed by atoms with Crippen LogP contribution in [0.15, 0.2) is 42.7 Å². The largest absolute Gasteiger partial charge is 0.481 e. The molecular formula is C21H24N2O5. The van der Waals surface area contributed by atoms with Crippen molar-refractivity contribution in [1.29, 1.82) is 0 Å². The van der Waals surface area contributed by atoms with Gasteiger partial charge < -0.3 is 24.3 Å². The molecule has 28 heavy (non-hydrogen) atoms. The van der Waals surface area contributed by atoms with E-state index in [1.807, 2.05) is 18.3 Å². The van der Waals surface area contributed by atoms with Crippen molar-refractivity contribution in [3.05, 3.63) is 48.3 Å². The summed E-state index contributed by atoms with van der Waals surface area (Å²) >= 11 is 0. The van der Waals surface area contributed by atoms with Crippen LogP contribution in [0.4, 0.5) is 0 Å². The second-order valence-corrected chi connectivity index (χ2v) is 7.00. The summed E-state index contributed by atoms with van der Waals surface area (Å²) < 4.78 is 22.0. The number of fused-ring (bicyclic) bond motifs is 1. The lowest BCUT2D eigenvalue weighted by atomic mass is 9.87. The van der Waals surface area contributed by atoms with Crippen LogP contribution in [0.25, 0.3) is 0 Å². The molecule has 0 aliphatic carbocycles. The summed E-state index contributed by atoms with van der Waals surface area (Å²) in [6, 6.07) is 9.06. The molecule has 4 rings (SSSR count).